The molecule has 1 atom stereocenters. The Balaban J connectivity index is 2.36. The summed E-state index contributed by atoms with van der Waals surface area (Å²) in [5, 5.41) is 0. The fraction of sp³-hybridized carbons (Fsp3) is 0.154. The number of nitrogens with two attached hydrogens (primary N) is 1. The van der Waals surface area contributed by atoms with E-state index in [2.05, 4.69) is 10.4 Å². The van der Waals surface area contributed by atoms with Crippen molar-refractivity contribution in [3.63, 3.8) is 0 Å². The smallest absolute Gasteiger partial charge is 0.141 e. The van der Waals surface area contributed by atoms with E-state index in [0.717, 1.165) is 11.1 Å². The second-order valence-corrected chi connectivity index (χ2v) is 3.92. The van der Waals surface area contributed by atoms with Crippen LogP contribution in [0.25, 0.3) is 0 Å². The van der Waals surface area contributed by atoms with Crippen LogP contribution < -0.4 is 11.3 Å². The van der Waals surface area contributed by atoms with Crippen molar-refractivity contribution in [1.29, 1.82) is 0 Å². The molecule has 17 heavy (non-hydrogen) atoms. The highest BCUT2D eigenvalue weighted by molar-refractivity contribution is 5.30. The fourth-order valence-corrected chi connectivity index (χ4v) is 1.76. The van der Waals surface area contributed by atoms with Crippen LogP contribution in [0.2, 0.25) is 0 Å². The molecule has 4 heteroatoms. The van der Waals surface area contributed by atoms with E-state index in [9.17, 15) is 4.39 Å². The summed E-state index contributed by atoms with van der Waals surface area (Å²) < 4.78 is 12.8. The third kappa shape index (κ3) is 2.67. The Bertz CT molecular complexity index is 496. The molecule has 0 aliphatic rings. The third-order valence-electron chi connectivity index (χ3n) is 2.59. The molecule has 3 nitrogen and oxygen atoms in total. The topological polar surface area (TPSA) is 50.9 Å². The molecule has 1 aromatic heterocycles. The molecule has 2 rings (SSSR count). The standard InChI is InChI=1S/C13H14FN3/c1-9-3-2-4-10(7-9)13(17-15)12-6-5-11(14)8-16-12/h2-8,13,17H,15H2,1H3. The lowest BCUT2D eigenvalue weighted by Crippen LogP contribution is -2.29. The first-order valence-corrected chi connectivity index (χ1v) is 5.35. The average Bonchev–Trinajstić information content (AvgIpc) is 2.33. The number of pyridine rings is 1. The number of aromatic nitrogens is 1. The summed E-state index contributed by atoms with van der Waals surface area (Å²) >= 11 is 0. The van der Waals surface area contributed by atoms with Crippen LogP contribution in [0, 0.1) is 12.7 Å². The van der Waals surface area contributed by atoms with E-state index in [4.69, 9.17) is 5.84 Å². The van der Waals surface area contributed by atoms with Gasteiger partial charge in [-0.25, -0.2) is 9.82 Å². The van der Waals surface area contributed by atoms with Gasteiger partial charge in [-0.15, -0.1) is 0 Å². The maximum atomic E-state index is 12.8. The molecule has 0 saturated heterocycles. The molecule has 0 fully saturated rings. The summed E-state index contributed by atoms with van der Waals surface area (Å²) in [6.07, 6.45) is 1.19. The molecule has 2 aromatic rings. The highest BCUT2D eigenvalue weighted by Gasteiger charge is 2.13. The van der Waals surface area contributed by atoms with Gasteiger partial charge in [0.15, 0.2) is 0 Å². The Morgan fingerprint density at radius 2 is 2.12 bits per heavy atom. The SMILES string of the molecule is Cc1cccc(C(NN)c2ccc(F)cn2)c1. The predicted octanol–water partition coefficient (Wildman–Crippen LogP) is 2.08. The molecule has 1 aromatic carbocycles. The number of nitrogens with one attached hydrogen (secondary N) is 1. The molecule has 0 aliphatic heterocycles. The average molecular weight is 231 g/mol. The van der Waals surface area contributed by atoms with Gasteiger partial charge >= 0.3 is 0 Å². The van der Waals surface area contributed by atoms with Crippen molar-refractivity contribution in [2.75, 3.05) is 0 Å². The molecule has 0 aliphatic carbocycles. The van der Waals surface area contributed by atoms with Gasteiger partial charge in [0.05, 0.1) is 17.9 Å². The van der Waals surface area contributed by atoms with Crippen molar-refractivity contribution in [3.05, 3.63) is 65.2 Å². The van der Waals surface area contributed by atoms with Gasteiger partial charge in [0.1, 0.15) is 5.82 Å². The van der Waals surface area contributed by atoms with E-state index in [-0.39, 0.29) is 11.9 Å². The molecule has 0 radical (unpaired) electrons. The summed E-state index contributed by atoms with van der Waals surface area (Å²) in [7, 11) is 0. The van der Waals surface area contributed by atoms with E-state index in [0.29, 0.717) is 5.69 Å². The number of aryl methyl sites for hydroxylation is 1. The molecular weight excluding hydrogens is 217 g/mol. The molecule has 1 heterocycles. The number of nitrogens with zero attached hydrogens (tertiary/aromatic N) is 1. The first-order chi connectivity index (χ1) is 8.20. The molecule has 88 valence electrons. The summed E-state index contributed by atoms with van der Waals surface area (Å²) in [6.45, 7) is 2.01. The van der Waals surface area contributed by atoms with E-state index >= 15 is 0 Å². The van der Waals surface area contributed by atoms with Gasteiger partial charge in [0.2, 0.25) is 0 Å². The fourth-order valence-electron chi connectivity index (χ4n) is 1.76. The first kappa shape index (κ1) is 11.7. The largest absolute Gasteiger partial charge is 0.271 e. The maximum absolute atomic E-state index is 12.8. The predicted molar refractivity (Wildman–Crippen MR) is 64.5 cm³/mol. The van der Waals surface area contributed by atoms with Crippen LogP contribution in [-0.4, -0.2) is 4.98 Å². The Morgan fingerprint density at radius 3 is 2.71 bits per heavy atom. The van der Waals surface area contributed by atoms with Crippen LogP contribution in [0.4, 0.5) is 4.39 Å². The molecule has 0 amide bonds. The van der Waals surface area contributed by atoms with Crippen LogP contribution >= 0.6 is 0 Å². The van der Waals surface area contributed by atoms with Crippen molar-refractivity contribution in [2.24, 2.45) is 5.84 Å². The Labute approximate surface area is 99.5 Å². The zero-order chi connectivity index (χ0) is 12.3. The maximum Gasteiger partial charge on any atom is 0.141 e. The Hall–Kier alpha value is -1.78. The van der Waals surface area contributed by atoms with Gasteiger partial charge in [-0.1, -0.05) is 29.8 Å². The van der Waals surface area contributed by atoms with Crippen LogP contribution in [0.1, 0.15) is 22.9 Å². The van der Waals surface area contributed by atoms with Gasteiger partial charge in [-0.2, -0.15) is 0 Å². The number of hydrazine groups is 1. The molecule has 1 unspecified atom stereocenters. The second kappa shape index (κ2) is 5.03. The lowest BCUT2D eigenvalue weighted by Gasteiger charge is -2.16. The number of benzene rings is 1. The van der Waals surface area contributed by atoms with E-state index in [1.807, 2.05) is 31.2 Å². The monoisotopic (exact) mass is 231 g/mol. The highest BCUT2D eigenvalue weighted by Crippen LogP contribution is 2.20. The van der Waals surface area contributed by atoms with Crippen molar-refractivity contribution in [1.82, 2.24) is 10.4 Å². The van der Waals surface area contributed by atoms with E-state index in [1.165, 1.54) is 12.3 Å². The number of hydrogen-bond donors (Lipinski definition) is 2. The zero-order valence-electron chi connectivity index (χ0n) is 9.52. The summed E-state index contributed by atoms with van der Waals surface area (Å²) in [4.78, 5) is 4.04. The van der Waals surface area contributed by atoms with Gasteiger partial charge in [0, 0.05) is 0 Å². The van der Waals surface area contributed by atoms with Crippen molar-refractivity contribution in [2.45, 2.75) is 13.0 Å². The van der Waals surface area contributed by atoms with Crippen LogP contribution in [0.3, 0.4) is 0 Å². The Morgan fingerprint density at radius 1 is 1.29 bits per heavy atom. The molecule has 0 bridgehead atoms. The van der Waals surface area contributed by atoms with Gasteiger partial charge in [-0.3, -0.25) is 10.8 Å². The number of hydrogen-bond acceptors (Lipinski definition) is 3. The summed E-state index contributed by atoms with van der Waals surface area (Å²) in [6, 6.07) is 10.7. The molecular formula is C13H14FN3. The van der Waals surface area contributed by atoms with E-state index in [1.54, 1.807) is 6.07 Å². The molecule has 0 saturated carbocycles. The minimum atomic E-state index is -0.353. The highest BCUT2D eigenvalue weighted by atomic mass is 19.1. The van der Waals surface area contributed by atoms with Crippen molar-refractivity contribution >= 4 is 0 Å². The minimum absolute atomic E-state index is 0.226. The number of halogens is 1. The third-order valence-corrected chi connectivity index (χ3v) is 2.59. The van der Waals surface area contributed by atoms with Gasteiger partial charge in [0.25, 0.3) is 0 Å². The number of rotatable bonds is 3. The van der Waals surface area contributed by atoms with Crippen LogP contribution in [-0.2, 0) is 0 Å². The Kier molecular flexibility index (Phi) is 3.46. The lowest BCUT2D eigenvalue weighted by atomic mass is 10.0. The van der Waals surface area contributed by atoms with Crippen LogP contribution in [0.5, 0.6) is 0 Å². The molecule has 0 spiro atoms. The van der Waals surface area contributed by atoms with Crippen molar-refractivity contribution < 1.29 is 4.39 Å². The van der Waals surface area contributed by atoms with Gasteiger partial charge in [-0.05, 0) is 24.6 Å². The van der Waals surface area contributed by atoms with E-state index < -0.39 is 0 Å². The van der Waals surface area contributed by atoms with Gasteiger partial charge < -0.3 is 0 Å². The summed E-state index contributed by atoms with van der Waals surface area (Å²) in [5.74, 6) is 5.19. The first-order valence-electron chi connectivity index (χ1n) is 5.35. The van der Waals surface area contributed by atoms with Crippen molar-refractivity contribution in [3.8, 4) is 0 Å². The lowest BCUT2D eigenvalue weighted by molar-refractivity contribution is 0.596. The molecule has 3 N–H and O–H groups in total. The zero-order valence-corrected chi connectivity index (χ0v) is 9.52. The minimum Gasteiger partial charge on any atom is -0.271 e. The normalized spacial score (nSPS) is 12.4. The second-order valence-electron chi connectivity index (χ2n) is 3.92. The summed E-state index contributed by atoms with van der Waals surface area (Å²) in [5.41, 5.74) is 5.54. The quantitative estimate of drug-likeness (QED) is 0.628. The van der Waals surface area contributed by atoms with Crippen LogP contribution in [0.15, 0.2) is 42.6 Å².